The van der Waals surface area contributed by atoms with Crippen LogP contribution in [0.1, 0.15) is 29.5 Å². The van der Waals surface area contributed by atoms with E-state index in [0.29, 0.717) is 0 Å². The first-order chi connectivity index (χ1) is 13.4. The lowest BCUT2D eigenvalue weighted by molar-refractivity contribution is -0.118. The van der Waals surface area contributed by atoms with Gasteiger partial charge in [0.15, 0.2) is 6.61 Å². The first-order valence-electron chi connectivity index (χ1n) is 9.86. The molecule has 1 amide bonds. The number of anilines is 1. The molecule has 1 aliphatic rings. The number of nitrogens with zero attached hydrogens (tertiary/aromatic N) is 1. The van der Waals surface area contributed by atoms with Crippen LogP contribution in [0.4, 0.5) is 5.69 Å². The van der Waals surface area contributed by atoms with Crippen molar-refractivity contribution in [1.82, 2.24) is 4.90 Å². The second-order valence-electron chi connectivity index (χ2n) is 7.69. The van der Waals surface area contributed by atoms with E-state index in [1.54, 1.807) is 0 Å². The summed E-state index contributed by atoms with van der Waals surface area (Å²) in [5, 5.41) is 2.87. The minimum atomic E-state index is -0.178. The third kappa shape index (κ3) is 5.49. The summed E-state index contributed by atoms with van der Waals surface area (Å²) in [6, 6.07) is 11.6. The smallest absolute Gasteiger partial charge is 0.262 e. The molecule has 0 aliphatic carbocycles. The Balaban J connectivity index is 1.49. The van der Waals surface area contributed by atoms with Gasteiger partial charge in [0.1, 0.15) is 17.6 Å². The maximum absolute atomic E-state index is 12.2. The van der Waals surface area contributed by atoms with Gasteiger partial charge in [-0.15, -0.1) is 0 Å². The maximum Gasteiger partial charge on any atom is 0.262 e. The van der Waals surface area contributed by atoms with Gasteiger partial charge < -0.3 is 19.7 Å². The summed E-state index contributed by atoms with van der Waals surface area (Å²) in [5.74, 6) is 1.42. The molecule has 1 heterocycles. The summed E-state index contributed by atoms with van der Waals surface area (Å²) in [6.07, 6.45) is 2.36. The Bertz CT molecular complexity index is 809. The van der Waals surface area contributed by atoms with Crippen molar-refractivity contribution in [2.24, 2.45) is 0 Å². The lowest BCUT2D eigenvalue weighted by Crippen LogP contribution is -2.35. The van der Waals surface area contributed by atoms with Gasteiger partial charge in [-0.1, -0.05) is 6.07 Å². The van der Waals surface area contributed by atoms with E-state index in [0.717, 1.165) is 59.8 Å². The monoisotopic (exact) mass is 382 g/mol. The van der Waals surface area contributed by atoms with Crippen molar-refractivity contribution in [3.05, 3.63) is 53.1 Å². The zero-order chi connectivity index (χ0) is 20.1. The summed E-state index contributed by atoms with van der Waals surface area (Å²) < 4.78 is 11.8. The molecule has 0 unspecified atom stereocenters. The molecule has 0 spiro atoms. The zero-order valence-electron chi connectivity index (χ0n) is 17.2. The Morgan fingerprint density at radius 2 is 1.79 bits per heavy atom. The van der Waals surface area contributed by atoms with Crippen molar-refractivity contribution in [1.29, 1.82) is 0 Å². The van der Waals surface area contributed by atoms with Crippen molar-refractivity contribution in [3.8, 4) is 11.5 Å². The lowest BCUT2D eigenvalue weighted by Gasteiger charge is -2.29. The molecule has 0 aromatic heterocycles. The molecule has 1 aliphatic heterocycles. The molecule has 2 aromatic carbocycles. The highest BCUT2D eigenvalue weighted by molar-refractivity contribution is 5.91. The Morgan fingerprint density at radius 3 is 2.46 bits per heavy atom. The number of aryl methyl sites for hydroxylation is 2. The van der Waals surface area contributed by atoms with E-state index in [-0.39, 0.29) is 18.6 Å². The number of hydrogen-bond acceptors (Lipinski definition) is 4. The second kappa shape index (κ2) is 9.11. The van der Waals surface area contributed by atoms with Crippen LogP contribution in [0, 0.1) is 20.8 Å². The number of carbonyl (C=O) groups is 1. The van der Waals surface area contributed by atoms with Crippen LogP contribution in [-0.2, 0) is 4.79 Å². The van der Waals surface area contributed by atoms with Crippen molar-refractivity contribution >= 4 is 11.6 Å². The molecule has 0 radical (unpaired) electrons. The minimum absolute atomic E-state index is 0.0163. The number of piperidine rings is 1. The number of likely N-dealkylation sites (tertiary alicyclic amines) is 1. The average Bonchev–Trinajstić information content (AvgIpc) is 2.67. The van der Waals surface area contributed by atoms with E-state index in [1.165, 1.54) is 0 Å². The number of ether oxygens (including phenoxy) is 2. The van der Waals surface area contributed by atoms with Gasteiger partial charge in [0.2, 0.25) is 0 Å². The van der Waals surface area contributed by atoms with Crippen LogP contribution in [0.25, 0.3) is 0 Å². The molecule has 0 bridgehead atoms. The van der Waals surface area contributed by atoms with Crippen LogP contribution < -0.4 is 14.8 Å². The quantitative estimate of drug-likeness (QED) is 0.817. The van der Waals surface area contributed by atoms with Crippen LogP contribution in [0.3, 0.4) is 0 Å². The Kier molecular flexibility index (Phi) is 6.57. The molecule has 3 rings (SSSR count). The van der Waals surface area contributed by atoms with E-state index in [4.69, 9.17) is 9.47 Å². The van der Waals surface area contributed by atoms with Crippen LogP contribution in [-0.4, -0.2) is 43.7 Å². The number of amides is 1. The summed E-state index contributed by atoms with van der Waals surface area (Å²) in [5.41, 5.74) is 4.09. The third-order valence-corrected chi connectivity index (χ3v) is 5.23. The van der Waals surface area contributed by atoms with Crippen LogP contribution >= 0.6 is 0 Å². The van der Waals surface area contributed by atoms with Crippen LogP contribution in [0.15, 0.2) is 36.4 Å². The van der Waals surface area contributed by atoms with E-state index >= 15 is 0 Å². The topological polar surface area (TPSA) is 50.8 Å². The molecule has 5 nitrogen and oxygen atoms in total. The van der Waals surface area contributed by atoms with Crippen molar-refractivity contribution in [3.63, 3.8) is 0 Å². The Morgan fingerprint density at radius 1 is 1.11 bits per heavy atom. The standard InChI is InChI=1S/C23H30N2O3/c1-16-13-17(2)18(3)22(14-16)27-15-23(26)24-19-5-7-20(8-6-19)28-21-9-11-25(4)12-10-21/h5-8,13-14,21H,9-12,15H2,1-4H3,(H,24,26). The molecular weight excluding hydrogens is 352 g/mol. The molecule has 1 saturated heterocycles. The van der Waals surface area contributed by atoms with Crippen molar-refractivity contribution in [2.45, 2.75) is 39.7 Å². The maximum atomic E-state index is 12.2. The molecule has 0 atom stereocenters. The van der Waals surface area contributed by atoms with Crippen LogP contribution in [0.2, 0.25) is 0 Å². The fourth-order valence-corrected chi connectivity index (χ4v) is 3.40. The highest BCUT2D eigenvalue weighted by Gasteiger charge is 2.18. The normalized spacial score (nSPS) is 15.3. The Labute approximate surface area is 167 Å². The first-order valence-corrected chi connectivity index (χ1v) is 9.86. The predicted octanol–water partition coefficient (Wildman–Crippen LogP) is 4.10. The van der Waals surface area contributed by atoms with Gasteiger partial charge in [-0.05, 0) is 87.7 Å². The second-order valence-corrected chi connectivity index (χ2v) is 7.69. The highest BCUT2D eigenvalue weighted by atomic mass is 16.5. The summed E-state index contributed by atoms with van der Waals surface area (Å²) in [7, 11) is 2.14. The van der Waals surface area contributed by atoms with Crippen molar-refractivity contribution in [2.75, 3.05) is 32.1 Å². The fourth-order valence-electron chi connectivity index (χ4n) is 3.40. The molecule has 150 valence electrons. The van der Waals surface area contributed by atoms with Gasteiger partial charge in [-0.25, -0.2) is 0 Å². The Hall–Kier alpha value is -2.53. The van der Waals surface area contributed by atoms with Gasteiger partial charge >= 0.3 is 0 Å². The van der Waals surface area contributed by atoms with Crippen molar-refractivity contribution < 1.29 is 14.3 Å². The predicted molar refractivity (Wildman–Crippen MR) is 112 cm³/mol. The van der Waals surface area contributed by atoms with E-state index in [1.807, 2.05) is 51.1 Å². The molecule has 28 heavy (non-hydrogen) atoms. The summed E-state index contributed by atoms with van der Waals surface area (Å²) >= 11 is 0. The number of nitrogens with one attached hydrogen (secondary N) is 1. The van der Waals surface area contributed by atoms with E-state index in [2.05, 4.69) is 23.3 Å². The highest BCUT2D eigenvalue weighted by Crippen LogP contribution is 2.24. The lowest BCUT2D eigenvalue weighted by atomic mass is 10.1. The molecule has 5 heteroatoms. The molecule has 2 aromatic rings. The van der Waals surface area contributed by atoms with Crippen LogP contribution in [0.5, 0.6) is 11.5 Å². The largest absolute Gasteiger partial charge is 0.490 e. The fraction of sp³-hybridized carbons (Fsp3) is 0.435. The molecule has 1 N–H and O–H groups in total. The molecular formula is C23H30N2O3. The number of hydrogen-bond donors (Lipinski definition) is 1. The summed E-state index contributed by atoms with van der Waals surface area (Å²) in [6.45, 7) is 8.19. The average molecular weight is 383 g/mol. The third-order valence-electron chi connectivity index (χ3n) is 5.23. The number of carbonyl (C=O) groups excluding carboxylic acids is 1. The van der Waals surface area contributed by atoms with Gasteiger partial charge in [0, 0.05) is 18.8 Å². The van der Waals surface area contributed by atoms with E-state index in [9.17, 15) is 4.79 Å². The zero-order valence-corrected chi connectivity index (χ0v) is 17.2. The van der Waals surface area contributed by atoms with E-state index < -0.39 is 0 Å². The first kappa shape index (κ1) is 20.2. The van der Waals surface area contributed by atoms with Gasteiger partial charge in [-0.2, -0.15) is 0 Å². The minimum Gasteiger partial charge on any atom is -0.490 e. The number of rotatable bonds is 6. The summed E-state index contributed by atoms with van der Waals surface area (Å²) in [4.78, 5) is 14.5. The van der Waals surface area contributed by atoms with Gasteiger partial charge in [0.25, 0.3) is 5.91 Å². The molecule has 0 saturated carbocycles. The van der Waals surface area contributed by atoms with Gasteiger partial charge in [-0.3, -0.25) is 4.79 Å². The van der Waals surface area contributed by atoms with Gasteiger partial charge in [0.05, 0.1) is 0 Å². The molecule has 1 fully saturated rings. The number of benzene rings is 2. The SMILES string of the molecule is Cc1cc(C)c(C)c(OCC(=O)Nc2ccc(OC3CCN(C)CC3)cc2)c1.